The summed E-state index contributed by atoms with van der Waals surface area (Å²) < 4.78 is 26.3. The maximum atomic E-state index is 12.3. The summed E-state index contributed by atoms with van der Waals surface area (Å²) in [5.41, 5.74) is 0. The molecule has 0 aromatic rings. The lowest BCUT2D eigenvalue weighted by molar-refractivity contribution is 0.202. The van der Waals surface area contributed by atoms with Crippen molar-refractivity contribution in [3.05, 3.63) is 0 Å². The predicted molar refractivity (Wildman–Crippen MR) is 70.8 cm³/mol. The van der Waals surface area contributed by atoms with Crippen LogP contribution in [0.1, 0.15) is 32.1 Å². The molecule has 2 heterocycles. The molecule has 0 radical (unpaired) electrons. The second-order valence-corrected chi connectivity index (χ2v) is 7.46. The van der Waals surface area contributed by atoms with E-state index < -0.39 is 10.0 Å². The summed E-state index contributed by atoms with van der Waals surface area (Å²) in [7, 11) is -3.13. The van der Waals surface area contributed by atoms with Gasteiger partial charge in [-0.3, -0.25) is 0 Å². The molecular formula is C12H24N2O3S. The van der Waals surface area contributed by atoms with Gasteiger partial charge in [-0.1, -0.05) is 0 Å². The third-order valence-corrected chi connectivity index (χ3v) is 5.93. The van der Waals surface area contributed by atoms with E-state index in [1.807, 2.05) is 0 Å². The number of piperidine rings is 1. The fourth-order valence-electron chi connectivity index (χ4n) is 2.96. The highest BCUT2D eigenvalue weighted by molar-refractivity contribution is 7.89. The molecular weight excluding hydrogens is 252 g/mol. The summed E-state index contributed by atoms with van der Waals surface area (Å²) in [4.78, 5) is 0. The van der Waals surface area contributed by atoms with E-state index in [9.17, 15) is 8.42 Å². The third-order valence-electron chi connectivity index (χ3n) is 3.99. The second kappa shape index (κ2) is 6.32. The van der Waals surface area contributed by atoms with Crippen LogP contribution in [0.5, 0.6) is 0 Å². The standard InChI is InChI=1S/C12H24N2O3S/c15-8-5-11-3-2-7-14(9-11)18(16,17)10-12-4-1-6-13-12/h11-13,15H,1-10H2. The molecule has 2 atom stereocenters. The van der Waals surface area contributed by atoms with Crippen LogP contribution in [0.3, 0.4) is 0 Å². The Hall–Kier alpha value is -0.170. The number of aliphatic hydroxyl groups is 1. The molecule has 0 aromatic carbocycles. The van der Waals surface area contributed by atoms with Gasteiger partial charge in [-0.2, -0.15) is 0 Å². The van der Waals surface area contributed by atoms with Crippen molar-refractivity contribution in [1.29, 1.82) is 0 Å². The molecule has 2 fully saturated rings. The van der Waals surface area contributed by atoms with Crippen molar-refractivity contribution in [2.75, 3.05) is 32.0 Å². The summed E-state index contributed by atoms with van der Waals surface area (Å²) >= 11 is 0. The first-order chi connectivity index (χ1) is 8.62. The Kier molecular flexibility index (Phi) is 5.00. The zero-order valence-corrected chi connectivity index (χ0v) is 11.7. The molecule has 5 nitrogen and oxygen atoms in total. The van der Waals surface area contributed by atoms with E-state index >= 15 is 0 Å². The van der Waals surface area contributed by atoms with Crippen LogP contribution in [-0.4, -0.2) is 55.9 Å². The maximum absolute atomic E-state index is 12.3. The lowest BCUT2D eigenvalue weighted by atomic mass is 9.97. The molecule has 2 aliphatic rings. The summed E-state index contributed by atoms with van der Waals surface area (Å²) in [6.45, 7) is 2.34. The van der Waals surface area contributed by atoms with Crippen molar-refractivity contribution >= 4 is 10.0 Å². The predicted octanol–water partition coefficient (Wildman–Crippen LogP) is 0.163. The highest BCUT2D eigenvalue weighted by atomic mass is 32.2. The lowest BCUT2D eigenvalue weighted by Crippen LogP contribution is -2.44. The van der Waals surface area contributed by atoms with Crippen LogP contribution in [0.4, 0.5) is 0 Å². The van der Waals surface area contributed by atoms with Gasteiger partial charge in [-0.05, 0) is 44.6 Å². The maximum Gasteiger partial charge on any atom is 0.215 e. The van der Waals surface area contributed by atoms with E-state index in [2.05, 4.69) is 5.32 Å². The fourth-order valence-corrected chi connectivity index (χ4v) is 4.81. The zero-order chi connectivity index (χ0) is 13.0. The SMILES string of the molecule is O=S(=O)(CC1CCCN1)N1CCCC(CCO)C1. The largest absolute Gasteiger partial charge is 0.396 e. The Bertz CT molecular complexity index is 350. The van der Waals surface area contributed by atoms with Gasteiger partial charge < -0.3 is 10.4 Å². The Labute approximate surface area is 110 Å². The minimum Gasteiger partial charge on any atom is -0.396 e. The van der Waals surface area contributed by atoms with Gasteiger partial charge in [0.2, 0.25) is 10.0 Å². The van der Waals surface area contributed by atoms with E-state index in [4.69, 9.17) is 5.11 Å². The summed E-state index contributed by atoms with van der Waals surface area (Å²) in [6.07, 6.45) is 4.71. The van der Waals surface area contributed by atoms with Gasteiger partial charge in [0.1, 0.15) is 0 Å². The number of nitrogens with one attached hydrogen (secondary N) is 1. The molecule has 2 rings (SSSR count). The molecule has 2 saturated heterocycles. The smallest absolute Gasteiger partial charge is 0.215 e. The van der Waals surface area contributed by atoms with Crippen molar-refractivity contribution < 1.29 is 13.5 Å². The Morgan fingerprint density at radius 3 is 2.78 bits per heavy atom. The molecule has 0 spiro atoms. The molecule has 6 heteroatoms. The van der Waals surface area contributed by atoms with Gasteiger partial charge in [0.25, 0.3) is 0 Å². The van der Waals surface area contributed by atoms with E-state index in [1.165, 1.54) is 0 Å². The monoisotopic (exact) mass is 276 g/mol. The van der Waals surface area contributed by atoms with Crippen LogP contribution < -0.4 is 5.32 Å². The third kappa shape index (κ3) is 3.66. The van der Waals surface area contributed by atoms with Crippen LogP contribution in [0, 0.1) is 5.92 Å². The second-order valence-electron chi connectivity index (χ2n) is 5.45. The average molecular weight is 276 g/mol. The zero-order valence-electron chi connectivity index (χ0n) is 10.8. The minimum absolute atomic E-state index is 0.133. The molecule has 0 bridgehead atoms. The minimum atomic E-state index is -3.13. The molecule has 18 heavy (non-hydrogen) atoms. The van der Waals surface area contributed by atoms with Gasteiger partial charge >= 0.3 is 0 Å². The van der Waals surface area contributed by atoms with Gasteiger partial charge in [0.15, 0.2) is 0 Å². The van der Waals surface area contributed by atoms with Crippen LogP contribution in [0.2, 0.25) is 0 Å². The van der Waals surface area contributed by atoms with Crippen LogP contribution in [-0.2, 0) is 10.0 Å². The number of nitrogens with zero attached hydrogens (tertiary/aromatic N) is 1. The normalized spacial score (nSPS) is 30.7. The first-order valence-electron chi connectivity index (χ1n) is 6.94. The Morgan fingerprint density at radius 1 is 1.28 bits per heavy atom. The highest BCUT2D eigenvalue weighted by Crippen LogP contribution is 2.22. The number of aliphatic hydroxyl groups excluding tert-OH is 1. The highest BCUT2D eigenvalue weighted by Gasteiger charge is 2.31. The molecule has 2 aliphatic heterocycles. The summed E-state index contributed by atoms with van der Waals surface area (Å²) in [6, 6.07) is 0.133. The van der Waals surface area contributed by atoms with Crippen LogP contribution >= 0.6 is 0 Å². The molecule has 2 unspecified atom stereocenters. The van der Waals surface area contributed by atoms with E-state index in [1.54, 1.807) is 4.31 Å². The first-order valence-corrected chi connectivity index (χ1v) is 8.55. The number of hydrogen-bond acceptors (Lipinski definition) is 4. The molecule has 0 amide bonds. The fraction of sp³-hybridized carbons (Fsp3) is 1.00. The lowest BCUT2D eigenvalue weighted by Gasteiger charge is -2.32. The van der Waals surface area contributed by atoms with Crippen molar-refractivity contribution in [3.63, 3.8) is 0 Å². The number of hydrogen-bond donors (Lipinski definition) is 2. The van der Waals surface area contributed by atoms with E-state index in [0.29, 0.717) is 25.4 Å². The van der Waals surface area contributed by atoms with Crippen molar-refractivity contribution in [2.45, 2.75) is 38.1 Å². The quantitative estimate of drug-likeness (QED) is 0.750. The Balaban J connectivity index is 1.91. The van der Waals surface area contributed by atoms with Gasteiger partial charge in [0, 0.05) is 25.7 Å². The van der Waals surface area contributed by atoms with Gasteiger partial charge in [0.05, 0.1) is 5.75 Å². The van der Waals surface area contributed by atoms with Crippen molar-refractivity contribution in [3.8, 4) is 0 Å². The van der Waals surface area contributed by atoms with E-state index in [0.717, 1.165) is 32.2 Å². The number of rotatable bonds is 5. The summed E-state index contributed by atoms with van der Waals surface area (Å²) in [5.74, 6) is 0.564. The number of sulfonamides is 1. The molecule has 106 valence electrons. The average Bonchev–Trinajstić information content (AvgIpc) is 2.82. The first kappa shape index (κ1) is 14.2. The molecule has 0 aromatic heterocycles. The van der Waals surface area contributed by atoms with Gasteiger partial charge in [-0.25, -0.2) is 12.7 Å². The van der Waals surface area contributed by atoms with Crippen LogP contribution in [0.25, 0.3) is 0 Å². The van der Waals surface area contributed by atoms with E-state index in [-0.39, 0.29) is 18.4 Å². The topological polar surface area (TPSA) is 69.6 Å². The summed E-state index contributed by atoms with van der Waals surface area (Å²) in [5, 5.41) is 12.2. The van der Waals surface area contributed by atoms with Gasteiger partial charge in [-0.15, -0.1) is 0 Å². The van der Waals surface area contributed by atoms with Crippen LogP contribution in [0.15, 0.2) is 0 Å². The molecule has 2 N–H and O–H groups in total. The van der Waals surface area contributed by atoms with Crippen molar-refractivity contribution in [1.82, 2.24) is 9.62 Å². The Morgan fingerprint density at radius 2 is 2.11 bits per heavy atom. The molecule has 0 aliphatic carbocycles. The molecule has 0 saturated carbocycles. The van der Waals surface area contributed by atoms with Crippen molar-refractivity contribution in [2.24, 2.45) is 5.92 Å².